The number of para-hydroxylation sites is 1. The summed E-state index contributed by atoms with van der Waals surface area (Å²) in [6, 6.07) is 11.0. The van der Waals surface area contributed by atoms with Crippen molar-refractivity contribution in [2.45, 2.75) is 38.8 Å². The van der Waals surface area contributed by atoms with E-state index in [0.717, 1.165) is 41.8 Å². The van der Waals surface area contributed by atoms with Gasteiger partial charge in [-0.3, -0.25) is 4.79 Å². The molecule has 11 heteroatoms. The first-order valence-corrected chi connectivity index (χ1v) is 13.5. The standard InChI is InChI=1S/C29H25F3N2O5S/c1-3-38-28(36)23-19-11-4-5-13-22(19)40-27(23)34-26-20(14-16-8-6-12-21(37-2)24(16)39-26)25(35)33-18-10-7-9-17(15-18)29(30,31)32/h6-10,12,14-15H,3-5,11,13H2,1-2H3,(H,33,35). The Morgan fingerprint density at radius 3 is 2.62 bits per heavy atom. The van der Waals surface area contributed by atoms with E-state index < -0.39 is 23.6 Å². The van der Waals surface area contributed by atoms with Gasteiger partial charge in [0.25, 0.3) is 5.91 Å². The average Bonchev–Trinajstić information content (AvgIpc) is 3.30. The Morgan fingerprint density at radius 1 is 1.10 bits per heavy atom. The van der Waals surface area contributed by atoms with Crippen LogP contribution in [0.3, 0.4) is 0 Å². The molecule has 2 aromatic carbocycles. The number of anilines is 1. The summed E-state index contributed by atoms with van der Waals surface area (Å²) >= 11 is 1.34. The topological polar surface area (TPSA) is 90.1 Å². The number of thiophene rings is 1. The minimum absolute atomic E-state index is 0.0284. The third kappa shape index (κ3) is 5.46. The Balaban J connectivity index is 1.68. The highest BCUT2D eigenvalue weighted by Gasteiger charge is 2.31. The van der Waals surface area contributed by atoms with Crippen LogP contribution in [0.4, 0.5) is 23.9 Å². The van der Waals surface area contributed by atoms with Crippen LogP contribution >= 0.6 is 11.3 Å². The third-order valence-corrected chi connectivity index (χ3v) is 7.67. The normalized spacial score (nSPS) is 13.7. The summed E-state index contributed by atoms with van der Waals surface area (Å²) in [5.41, 5.74) is 0.466. The van der Waals surface area contributed by atoms with Crippen LogP contribution in [0.2, 0.25) is 0 Å². The van der Waals surface area contributed by atoms with Crippen LogP contribution in [0.25, 0.3) is 11.0 Å². The minimum atomic E-state index is -4.57. The molecule has 1 aliphatic carbocycles. The lowest BCUT2D eigenvalue weighted by molar-refractivity contribution is -0.137. The second-order valence-corrected chi connectivity index (χ2v) is 10.2. The molecule has 0 bridgehead atoms. The first-order valence-electron chi connectivity index (χ1n) is 12.7. The summed E-state index contributed by atoms with van der Waals surface area (Å²) in [6.45, 7) is 1.90. The second-order valence-electron chi connectivity index (χ2n) is 9.10. The van der Waals surface area contributed by atoms with E-state index in [1.807, 2.05) is 0 Å². The number of carbonyl (C=O) groups excluding carboxylic acids is 2. The Hall–Kier alpha value is -4.12. The SMILES string of the molecule is CCOC(=O)c1c(N=c2oc3c(OC)cccc3cc2C(=O)Nc2cccc(C(F)(F)F)c2)sc2c1CCCC2. The van der Waals surface area contributed by atoms with Crippen molar-refractivity contribution >= 4 is 44.9 Å². The third-order valence-electron chi connectivity index (χ3n) is 6.49. The van der Waals surface area contributed by atoms with Crippen molar-refractivity contribution in [2.24, 2.45) is 4.99 Å². The molecule has 7 nitrogen and oxygen atoms in total. The lowest BCUT2D eigenvalue weighted by Crippen LogP contribution is -2.22. The summed E-state index contributed by atoms with van der Waals surface area (Å²) in [5, 5.41) is 3.38. The number of hydrogen-bond acceptors (Lipinski definition) is 7. The van der Waals surface area contributed by atoms with Gasteiger partial charge >= 0.3 is 12.1 Å². The number of halogens is 3. The van der Waals surface area contributed by atoms with Crippen LogP contribution < -0.4 is 15.6 Å². The van der Waals surface area contributed by atoms with Crippen molar-refractivity contribution < 1.29 is 36.7 Å². The number of benzene rings is 2. The second kappa shape index (κ2) is 11.2. The first-order chi connectivity index (χ1) is 19.2. The van der Waals surface area contributed by atoms with Crippen LogP contribution in [0.1, 0.15) is 56.5 Å². The van der Waals surface area contributed by atoms with Crippen molar-refractivity contribution in [3.05, 3.63) is 81.2 Å². The molecule has 0 unspecified atom stereocenters. The van der Waals surface area contributed by atoms with Gasteiger partial charge in [-0.15, -0.1) is 11.3 Å². The van der Waals surface area contributed by atoms with E-state index in [4.69, 9.17) is 13.9 Å². The molecule has 2 aromatic heterocycles. The monoisotopic (exact) mass is 570 g/mol. The number of amides is 1. The van der Waals surface area contributed by atoms with E-state index in [1.165, 1.54) is 36.6 Å². The van der Waals surface area contributed by atoms with Gasteiger partial charge in [0.1, 0.15) is 10.6 Å². The zero-order valence-electron chi connectivity index (χ0n) is 21.7. The summed E-state index contributed by atoms with van der Waals surface area (Å²) < 4.78 is 56.6. The van der Waals surface area contributed by atoms with Crippen LogP contribution in [0.5, 0.6) is 5.75 Å². The quantitative estimate of drug-likeness (QED) is 0.251. The maximum absolute atomic E-state index is 13.5. The van der Waals surface area contributed by atoms with Gasteiger partial charge in [-0.1, -0.05) is 18.2 Å². The number of nitrogens with one attached hydrogen (secondary N) is 1. The molecular weight excluding hydrogens is 545 g/mol. The van der Waals surface area contributed by atoms with Gasteiger partial charge in [-0.2, -0.15) is 13.2 Å². The Bertz CT molecular complexity index is 1670. The molecule has 208 valence electrons. The molecule has 0 atom stereocenters. The molecular formula is C29H25F3N2O5S. The number of carbonyl (C=O) groups is 2. The Morgan fingerprint density at radius 2 is 1.88 bits per heavy atom. The van der Waals surface area contributed by atoms with Crippen molar-refractivity contribution in [1.82, 2.24) is 0 Å². The van der Waals surface area contributed by atoms with E-state index in [2.05, 4.69) is 10.3 Å². The van der Waals surface area contributed by atoms with Crippen LogP contribution in [0.15, 0.2) is 57.9 Å². The number of nitrogens with zero attached hydrogens (tertiary/aromatic N) is 1. The fourth-order valence-electron chi connectivity index (χ4n) is 4.64. The maximum atomic E-state index is 13.5. The van der Waals surface area contributed by atoms with Gasteiger partial charge in [0.2, 0.25) is 5.55 Å². The Kier molecular flexibility index (Phi) is 7.66. The molecule has 1 amide bonds. The summed E-state index contributed by atoms with van der Waals surface area (Å²) in [7, 11) is 1.47. The molecule has 1 N–H and O–H groups in total. The number of rotatable bonds is 6. The van der Waals surface area contributed by atoms with Gasteiger partial charge in [0, 0.05) is 16.0 Å². The fourth-order valence-corrected chi connectivity index (χ4v) is 5.88. The number of fused-ring (bicyclic) bond motifs is 2. The van der Waals surface area contributed by atoms with Crippen molar-refractivity contribution in [3.8, 4) is 5.75 Å². The fraction of sp³-hybridized carbons (Fsp3) is 0.276. The largest absolute Gasteiger partial charge is 0.493 e. The van der Waals surface area contributed by atoms with Gasteiger partial charge in [-0.25, -0.2) is 9.79 Å². The highest BCUT2D eigenvalue weighted by Crippen LogP contribution is 2.40. The van der Waals surface area contributed by atoms with Crippen molar-refractivity contribution in [3.63, 3.8) is 0 Å². The predicted octanol–water partition coefficient (Wildman–Crippen LogP) is 7.06. The van der Waals surface area contributed by atoms with E-state index in [0.29, 0.717) is 33.7 Å². The first kappa shape index (κ1) is 27.4. The zero-order valence-corrected chi connectivity index (χ0v) is 22.5. The lowest BCUT2D eigenvalue weighted by atomic mass is 9.95. The molecule has 0 aliphatic heterocycles. The number of alkyl halides is 3. The Labute approximate surface area is 231 Å². The lowest BCUT2D eigenvalue weighted by Gasteiger charge is -2.12. The molecule has 0 radical (unpaired) electrons. The number of methoxy groups -OCH3 is 1. The van der Waals surface area contributed by atoms with Crippen LogP contribution in [0, 0.1) is 0 Å². The molecule has 0 saturated heterocycles. The van der Waals surface area contributed by atoms with Gasteiger partial charge in [-0.05, 0) is 68.5 Å². The number of ether oxygens (including phenoxy) is 2. The van der Waals surface area contributed by atoms with Crippen LogP contribution in [-0.4, -0.2) is 25.6 Å². The predicted molar refractivity (Wildman–Crippen MR) is 144 cm³/mol. The molecule has 5 rings (SSSR count). The highest BCUT2D eigenvalue weighted by atomic mass is 32.1. The summed E-state index contributed by atoms with van der Waals surface area (Å²) in [4.78, 5) is 32.1. The summed E-state index contributed by atoms with van der Waals surface area (Å²) in [6.07, 6.45) is -1.15. The van der Waals surface area contributed by atoms with E-state index in [9.17, 15) is 22.8 Å². The molecule has 1 aliphatic rings. The smallest absolute Gasteiger partial charge is 0.416 e. The molecule has 0 fully saturated rings. The van der Waals surface area contributed by atoms with Crippen LogP contribution in [-0.2, 0) is 23.8 Å². The molecule has 40 heavy (non-hydrogen) atoms. The molecule has 4 aromatic rings. The maximum Gasteiger partial charge on any atom is 0.416 e. The van der Waals surface area contributed by atoms with E-state index >= 15 is 0 Å². The van der Waals surface area contributed by atoms with E-state index in [1.54, 1.807) is 25.1 Å². The highest BCUT2D eigenvalue weighted by molar-refractivity contribution is 7.16. The van der Waals surface area contributed by atoms with Crippen molar-refractivity contribution in [1.29, 1.82) is 0 Å². The number of aryl methyl sites for hydroxylation is 1. The number of hydrogen-bond donors (Lipinski definition) is 1. The van der Waals surface area contributed by atoms with Gasteiger partial charge in [0.05, 0.1) is 24.8 Å². The van der Waals surface area contributed by atoms with Crippen molar-refractivity contribution in [2.75, 3.05) is 19.0 Å². The summed E-state index contributed by atoms with van der Waals surface area (Å²) in [5.74, 6) is -0.839. The molecule has 0 spiro atoms. The van der Waals surface area contributed by atoms with Gasteiger partial charge < -0.3 is 19.2 Å². The zero-order chi connectivity index (χ0) is 28.4. The molecule has 2 heterocycles. The molecule has 0 saturated carbocycles. The van der Waals surface area contributed by atoms with Gasteiger partial charge in [0.15, 0.2) is 11.3 Å². The number of esters is 1. The minimum Gasteiger partial charge on any atom is -0.493 e. The average molecular weight is 571 g/mol. The van der Waals surface area contributed by atoms with E-state index in [-0.39, 0.29) is 23.4 Å².